The molecule has 0 aliphatic carbocycles. The Bertz CT molecular complexity index is 616. The maximum Gasteiger partial charge on any atom is 0.231 e. The van der Waals surface area contributed by atoms with E-state index in [1.165, 1.54) is 4.80 Å². The van der Waals surface area contributed by atoms with Gasteiger partial charge in [-0.05, 0) is 22.9 Å². The van der Waals surface area contributed by atoms with E-state index in [-0.39, 0.29) is 13.2 Å². The van der Waals surface area contributed by atoms with Crippen LogP contribution in [0.15, 0.2) is 12.1 Å². The minimum absolute atomic E-state index is 0.139. The number of tetrazole rings is 1. The van der Waals surface area contributed by atoms with Crippen LogP contribution in [0.3, 0.4) is 0 Å². The highest BCUT2D eigenvalue weighted by molar-refractivity contribution is 6.32. The number of aliphatic hydroxyl groups excluding tert-OH is 1. The van der Waals surface area contributed by atoms with Crippen LogP contribution in [-0.2, 0) is 13.5 Å². The molecule has 0 saturated heterocycles. The van der Waals surface area contributed by atoms with Crippen molar-refractivity contribution in [3.63, 3.8) is 0 Å². The second kappa shape index (κ2) is 4.67. The average Bonchev–Trinajstić information content (AvgIpc) is 2.98. The summed E-state index contributed by atoms with van der Waals surface area (Å²) in [5, 5.41) is 22.1. The average molecular weight is 283 g/mol. The third-order valence-corrected chi connectivity index (χ3v) is 3.04. The van der Waals surface area contributed by atoms with Crippen molar-refractivity contribution in [1.82, 2.24) is 20.2 Å². The molecule has 0 amide bonds. The fraction of sp³-hybridized carbons (Fsp3) is 0.364. The highest BCUT2D eigenvalue weighted by Gasteiger charge is 2.21. The Kier molecular flexibility index (Phi) is 3.00. The quantitative estimate of drug-likeness (QED) is 0.899. The number of hydrogen-bond acceptors (Lipinski definition) is 6. The lowest BCUT2D eigenvalue weighted by atomic mass is 10.1. The minimum atomic E-state index is -0.781. The maximum atomic E-state index is 10.2. The minimum Gasteiger partial charge on any atom is -0.454 e. The zero-order valence-corrected chi connectivity index (χ0v) is 10.8. The summed E-state index contributed by atoms with van der Waals surface area (Å²) in [5.74, 6) is 1.51. The van der Waals surface area contributed by atoms with Crippen LogP contribution < -0.4 is 9.47 Å². The zero-order chi connectivity index (χ0) is 13.4. The monoisotopic (exact) mass is 282 g/mol. The van der Waals surface area contributed by atoms with Crippen LogP contribution in [0.4, 0.5) is 0 Å². The van der Waals surface area contributed by atoms with Crippen LogP contribution in [0.5, 0.6) is 11.5 Å². The molecule has 1 aliphatic rings. The molecule has 3 rings (SSSR count). The van der Waals surface area contributed by atoms with Gasteiger partial charge in [-0.15, -0.1) is 10.2 Å². The molecule has 0 radical (unpaired) electrons. The summed E-state index contributed by atoms with van der Waals surface area (Å²) >= 11 is 6.06. The Morgan fingerprint density at radius 2 is 2.32 bits per heavy atom. The van der Waals surface area contributed by atoms with E-state index < -0.39 is 6.10 Å². The Labute approximate surface area is 113 Å². The van der Waals surface area contributed by atoms with E-state index in [1.54, 1.807) is 19.2 Å². The van der Waals surface area contributed by atoms with Crippen molar-refractivity contribution in [3.05, 3.63) is 28.5 Å². The number of aliphatic hydroxyl groups is 1. The normalized spacial score (nSPS) is 14.7. The van der Waals surface area contributed by atoms with Crippen molar-refractivity contribution in [1.29, 1.82) is 0 Å². The first-order valence-electron chi connectivity index (χ1n) is 5.63. The van der Waals surface area contributed by atoms with Gasteiger partial charge in [-0.1, -0.05) is 11.6 Å². The summed E-state index contributed by atoms with van der Waals surface area (Å²) in [6.45, 7) is 0.139. The number of rotatable bonds is 3. The highest BCUT2D eigenvalue weighted by atomic mass is 35.5. The van der Waals surface area contributed by atoms with Gasteiger partial charge in [0.25, 0.3) is 0 Å². The van der Waals surface area contributed by atoms with E-state index in [4.69, 9.17) is 21.1 Å². The first kappa shape index (κ1) is 12.2. The van der Waals surface area contributed by atoms with Crippen LogP contribution in [0, 0.1) is 0 Å². The molecule has 0 fully saturated rings. The van der Waals surface area contributed by atoms with E-state index in [0.717, 1.165) is 0 Å². The van der Waals surface area contributed by atoms with Gasteiger partial charge >= 0.3 is 0 Å². The van der Waals surface area contributed by atoms with Crippen LogP contribution >= 0.6 is 11.6 Å². The number of aromatic nitrogens is 4. The summed E-state index contributed by atoms with van der Waals surface area (Å²) in [7, 11) is 1.67. The number of benzene rings is 1. The van der Waals surface area contributed by atoms with Gasteiger partial charge < -0.3 is 14.6 Å². The number of halogens is 1. The summed E-state index contributed by atoms with van der Waals surface area (Å²) in [5.41, 5.74) is 0.627. The van der Waals surface area contributed by atoms with Gasteiger partial charge in [0.2, 0.25) is 6.79 Å². The molecule has 100 valence electrons. The fourth-order valence-corrected chi connectivity index (χ4v) is 2.15. The third kappa shape index (κ3) is 2.34. The molecule has 7 nitrogen and oxygen atoms in total. The lowest BCUT2D eigenvalue weighted by Crippen LogP contribution is -2.04. The van der Waals surface area contributed by atoms with Gasteiger partial charge in [0.05, 0.1) is 18.2 Å². The van der Waals surface area contributed by atoms with Crippen molar-refractivity contribution in [3.8, 4) is 11.5 Å². The lowest BCUT2D eigenvalue weighted by Gasteiger charge is -2.10. The predicted octanol–water partition coefficient (Wildman–Crippen LogP) is 0.868. The predicted molar refractivity (Wildman–Crippen MR) is 65.0 cm³/mol. The second-order valence-corrected chi connectivity index (χ2v) is 4.56. The highest BCUT2D eigenvalue weighted by Crippen LogP contribution is 2.41. The number of aryl methyl sites for hydroxylation is 1. The number of nitrogens with zero attached hydrogens (tertiary/aromatic N) is 4. The molecular formula is C11H11ClN4O3. The Hall–Kier alpha value is -1.86. The Morgan fingerprint density at radius 1 is 1.47 bits per heavy atom. The van der Waals surface area contributed by atoms with Gasteiger partial charge in [-0.3, -0.25) is 0 Å². The SMILES string of the molecule is Cn1nnc(CC(O)c2cc(Cl)c3c(c2)OCO3)n1. The third-order valence-electron chi connectivity index (χ3n) is 2.76. The summed E-state index contributed by atoms with van der Waals surface area (Å²) in [6, 6.07) is 3.35. The van der Waals surface area contributed by atoms with Crippen molar-refractivity contribution >= 4 is 11.6 Å². The lowest BCUT2D eigenvalue weighted by molar-refractivity contribution is 0.170. The molecule has 0 bridgehead atoms. The van der Waals surface area contributed by atoms with Gasteiger partial charge in [0, 0.05) is 6.42 Å². The van der Waals surface area contributed by atoms with Gasteiger partial charge in [0.1, 0.15) is 0 Å². The largest absolute Gasteiger partial charge is 0.454 e. The topological polar surface area (TPSA) is 82.3 Å². The first-order chi connectivity index (χ1) is 9.13. The number of fused-ring (bicyclic) bond motifs is 1. The molecule has 2 heterocycles. The molecule has 2 aromatic rings. The molecule has 1 atom stereocenters. The van der Waals surface area contributed by atoms with Gasteiger partial charge in [0.15, 0.2) is 17.3 Å². The van der Waals surface area contributed by atoms with Crippen LogP contribution in [-0.4, -0.2) is 32.1 Å². The Balaban J connectivity index is 1.84. The maximum absolute atomic E-state index is 10.2. The van der Waals surface area contributed by atoms with E-state index in [9.17, 15) is 5.11 Å². The van der Waals surface area contributed by atoms with Crippen LogP contribution in [0.2, 0.25) is 5.02 Å². The molecule has 0 saturated carbocycles. The van der Waals surface area contributed by atoms with E-state index >= 15 is 0 Å². The molecule has 1 aromatic heterocycles. The fourth-order valence-electron chi connectivity index (χ4n) is 1.88. The molecule has 1 N–H and O–H groups in total. The Morgan fingerprint density at radius 3 is 3.05 bits per heavy atom. The molecule has 0 spiro atoms. The van der Waals surface area contributed by atoms with Gasteiger partial charge in [-0.2, -0.15) is 4.80 Å². The van der Waals surface area contributed by atoms with Crippen LogP contribution in [0.1, 0.15) is 17.5 Å². The standard InChI is InChI=1S/C11H11ClN4O3/c1-16-14-10(13-15-16)4-8(17)6-2-7(12)11-9(3-6)18-5-19-11/h2-3,8,17H,4-5H2,1H3. The zero-order valence-electron chi connectivity index (χ0n) is 10.1. The smallest absolute Gasteiger partial charge is 0.231 e. The van der Waals surface area contributed by atoms with E-state index in [2.05, 4.69) is 15.4 Å². The molecule has 1 unspecified atom stereocenters. The molecule has 1 aromatic carbocycles. The van der Waals surface area contributed by atoms with Crippen molar-refractivity contribution in [2.45, 2.75) is 12.5 Å². The van der Waals surface area contributed by atoms with E-state index in [1.807, 2.05) is 0 Å². The molecule has 1 aliphatic heterocycles. The molecule has 8 heteroatoms. The molecular weight excluding hydrogens is 272 g/mol. The van der Waals surface area contributed by atoms with Crippen LogP contribution in [0.25, 0.3) is 0 Å². The van der Waals surface area contributed by atoms with Crippen molar-refractivity contribution in [2.75, 3.05) is 6.79 Å². The van der Waals surface area contributed by atoms with E-state index in [0.29, 0.717) is 27.9 Å². The number of ether oxygens (including phenoxy) is 2. The second-order valence-electron chi connectivity index (χ2n) is 4.15. The summed E-state index contributed by atoms with van der Waals surface area (Å²) in [4.78, 5) is 1.34. The summed E-state index contributed by atoms with van der Waals surface area (Å²) in [6.07, 6.45) is -0.528. The number of hydrogen-bond donors (Lipinski definition) is 1. The van der Waals surface area contributed by atoms with Gasteiger partial charge in [-0.25, -0.2) is 0 Å². The first-order valence-corrected chi connectivity index (χ1v) is 6.01. The van der Waals surface area contributed by atoms with Crippen molar-refractivity contribution < 1.29 is 14.6 Å². The van der Waals surface area contributed by atoms with Crippen molar-refractivity contribution in [2.24, 2.45) is 7.05 Å². The molecule has 19 heavy (non-hydrogen) atoms. The summed E-state index contributed by atoms with van der Waals surface area (Å²) < 4.78 is 10.5.